The molecule has 6 nitrogen and oxygen atoms in total. The number of carbonyl (C=O) groups excluding carboxylic acids is 3. The van der Waals surface area contributed by atoms with E-state index in [-0.39, 0.29) is 31.1 Å². The highest BCUT2D eigenvalue weighted by Gasteiger charge is 2.19. The Bertz CT molecular complexity index is 1360. The third-order valence-corrected chi connectivity index (χ3v) is 14.7. The van der Waals surface area contributed by atoms with E-state index in [1.54, 1.807) is 0 Å². The molecule has 1 atom stereocenters. The fourth-order valence-electron chi connectivity index (χ4n) is 9.72. The van der Waals surface area contributed by atoms with E-state index in [0.717, 1.165) is 96.3 Å². The summed E-state index contributed by atoms with van der Waals surface area (Å²) in [5.74, 6) is -0.873. The van der Waals surface area contributed by atoms with Crippen molar-refractivity contribution in [2.24, 2.45) is 0 Å². The largest absolute Gasteiger partial charge is 0.462 e. The number of rotatable bonds is 61. The fourth-order valence-corrected chi connectivity index (χ4v) is 9.72. The molecule has 0 rings (SSSR count). The summed E-state index contributed by atoms with van der Waals surface area (Å²) in [6.07, 6.45) is 82.4. The van der Waals surface area contributed by atoms with Gasteiger partial charge in [-0.05, 0) is 89.9 Å². The zero-order valence-electron chi connectivity index (χ0n) is 50.8. The predicted molar refractivity (Wildman–Crippen MR) is 330 cm³/mol. The minimum atomic E-state index is -0.779. The average Bonchev–Trinajstić information content (AvgIpc) is 3.42. The Hall–Kier alpha value is -2.89. The summed E-state index contributed by atoms with van der Waals surface area (Å²) in [5.41, 5.74) is 0. The Kier molecular flexibility index (Phi) is 62.2. The second-order valence-corrected chi connectivity index (χ2v) is 22.4. The molecule has 0 heterocycles. The molecule has 0 aromatic carbocycles. The molecule has 0 aliphatic heterocycles. The van der Waals surface area contributed by atoms with E-state index in [9.17, 15) is 14.4 Å². The van der Waals surface area contributed by atoms with Gasteiger partial charge in [-0.25, -0.2) is 0 Å². The zero-order valence-corrected chi connectivity index (χ0v) is 50.8. The Morgan fingerprint density at radius 2 is 0.474 bits per heavy atom. The van der Waals surface area contributed by atoms with Gasteiger partial charge < -0.3 is 14.2 Å². The molecule has 0 aliphatic rings. The smallest absolute Gasteiger partial charge is 0.306 e. The van der Waals surface area contributed by atoms with Gasteiger partial charge in [-0.15, -0.1) is 0 Å². The Balaban J connectivity index is 4.15. The maximum Gasteiger partial charge on any atom is 0.306 e. The van der Waals surface area contributed by atoms with Crippen molar-refractivity contribution in [1.29, 1.82) is 0 Å². The Morgan fingerprint density at radius 1 is 0.263 bits per heavy atom. The molecule has 0 saturated heterocycles. The summed E-state index contributed by atoms with van der Waals surface area (Å²) in [5, 5.41) is 0. The second-order valence-electron chi connectivity index (χ2n) is 22.4. The van der Waals surface area contributed by atoms with Gasteiger partial charge in [0.2, 0.25) is 0 Å². The first-order chi connectivity index (χ1) is 37.5. The molecule has 0 radical (unpaired) electrons. The first kappa shape index (κ1) is 73.1. The van der Waals surface area contributed by atoms with E-state index in [1.807, 2.05) is 0 Å². The number of allylic oxidation sites excluding steroid dienone is 10. The minimum absolute atomic E-state index is 0.0757. The van der Waals surface area contributed by atoms with Gasteiger partial charge in [-0.2, -0.15) is 0 Å². The number of unbranched alkanes of at least 4 members (excludes halogenated alkanes) is 40. The summed E-state index contributed by atoms with van der Waals surface area (Å²) in [6, 6.07) is 0. The molecule has 0 aromatic rings. The summed E-state index contributed by atoms with van der Waals surface area (Å²) >= 11 is 0. The van der Waals surface area contributed by atoms with E-state index in [1.165, 1.54) is 212 Å². The van der Waals surface area contributed by atoms with Crippen molar-refractivity contribution in [1.82, 2.24) is 0 Å². The van der Waals surface area contributed by atoms with Gasteiger partial charge in [0.1, 0.15) is 13.2 Å². The van der Waals surface area contributed by atoms with Crippen molar-refractivity contribution in [3.8, 4) is 0 Å². The standard InChI is InChI=1S/C70H126O6/c1-4-7-10-13-16-19-22-24-26-28-29-30-31-32-33-34-35-36-37-38-39-40-41-42-44-45-48-51-54-57-60-63-69(72)75-66-67(65-74-68(71)62-59-56-53-50-47-21-18-15-12-9-6-3)76-70(73)64-61-58-55-52-49-46-43-27-25-23-20-17-14-11-8-5-2/h20,22-24,27-29,31-32,43,67H,4-19,21,25-26,30,33-42,44-66H2,1-3H3/b23-20-,24-22-,29-28-,32-31-,43-27-. The third kappa shape index (κ3) is 62.0. The van der Waals surface area contributed by atoms with Gasteiger partial charge in [0.15, 0.2) is 6.10 Å². The molecule has 0 N–H and O–H groups in total. The Morgan fingerprint density at radius 3 is 0.750 bits per heavy atom. The Labute approximate surface area is 472 Å². The lowest BCUT2D eigenvalue weighted by Crippen LogP contribution is -2.30. The van der Waals surface area contributed by atoms with Crippen LogP contribution in [0.1, 0.15) is 348 Å². The monoisotopic (exact) mass is 1060 g/mol. The lowest BCUT2D eigenvalue weighted by atomic mass is 10.0. The van der Waals surface area contributed by atoms with Crippen LogP contribution < -0.4 is 0 Å². The molecule has 0 aromatic heterocycles. The van der Waals surface area contributed by atoms with Gasteiger partial charge in [0, 0.05) is 19.3 Å². The SMILES string of the molecule is CCCCCC/C=C\C/C=C\CCCCCCCC(=O)OC(COC(=O)CCCCCCCCCCCCC)COC(=O)CCCCCCCCCCCCCCCCCC/C=C\C/C=C\C/C=C\CCCCCCC. The molecule has 442 valence electrons. The topological polar surface area (TPSA) is 78.9 Å². The molecule has 1 unspecified atom stereocenters. The van der Waals surface area contributed by atoms with Crippen LogP contribution in [0.4, 0.5) is 0 Å². The van der Waals surface area contributed by atoms with Gasteiger partial charge in [0.05, 0.1) is 0 Å². The highest BCUT2D eigenvalue weighted by atomic mass is 16.6. The van der Waals surface area contributed by atoms with Crippen molar-refractivity contribution >= 4 is 17.9 Å². The summed E-state index contributed by atoms with van der Waals surface area (Å²) in [6.45, 7) is 6.63. The fraction of sp³-hybridized carbons (Fsp3) is 0.814. The molecule has 0 aliphatic carbocycles. The lowest BCUT2D eigenvalue weighted by molar-refractivity contribution is -0.167. The van der Waals surface area contributed by atoms with Crippen LogP contribution in [-0.4, -0.2) is 37.2 Å². The van der Waals surface area contributed by atoms with Crippen molar-refractivity contribution in [3.63, 3.8) is 0 Å². The lowest BCUT2D eigenvalue weighted by Gasteiger charge is -2.18. The molecule has 0 saturated carbocycles. The normalized spacial score (nSPS) is 12.4. The van der Waals surface area contributed by atoms with Crippen LogP contribution in [0.15, 0.2) is 60.8 Å². The number of hydrogen-bond donors (Lipinski definition) is 0. The quantitative estimate of drug-likeness (QED) is 0.0261. The van der Waals surface area contributed by atoms with Crippen LogP contribution in [-0.2, 0) is 28.6 Å². The van der Waals surface area contributed by atoms with Crippen LogP contribution in [0.3, 0.4) is 0 Å². The second kappa shape index (κ2) is 64.6. The van der Waals surface area contributed by atoms with Gasteiger partial charge in [0.25, 0.3) is 0 Å². The number of ether oxygens (including phenoxy) is 3. The van der Waals surface area contributed by atoms with Crippen LogP contribution >= 0.6 is 0 Å². The number of esters is 3. The molecule has 76 heavy (non-hydrogen) atoms. The number of carbonyl (C=O) groups is 3. The maximum atomic E-state index is 12.9. The van der Waals surface area contributed by atoms with Crippen molar-refractivity contribution in [3.05, 3.63) is 60.8 Å². The first-order valence-corrected chi connectivity index (χ1v) is 33.3. The summed E-state index contributed by atoms with van der Waals surface area (Å²) in [7, 11) is 0. The van der Waals surface area contributed by atoms with E-state index in [4.69, 9.17) is 14.2 Å². The van der Waals surface area contributed by atoms with Crippen LogP contribution in [0.25, 0.3) is 0 Å². The van der Waals surface area contributed by atoms with Gasteiger partial charge in [-0.1, -0.05) is 300 Å². The van der Waals surface area contributed by atoms with E-state index in [2.05, 4.69) is 81.5 Å². The van der Waals surface area contributed by atoms with Crippen molar-refractivity contribution < 1.29 is 28.6 Å². The van der Waals surface area contributed by atoms with Crippen molar-refractivity contribution in [2.45, 2.75) is 354 Å². The zero-order chi connectivity index (χ0) is 55.0. The number of hydrogen-bond acceptors (Lipinski definition) is 6. The molecular formula is C70H126O6. The first-order valence-electron chi connectivity index (χ1n) is 33.3. The molecule has 0 bridgehead atoms. The maximum absolute atomic E-state index is 12.9. The van der Waals surface area contributed by atoms with E-state index < -0.39 is 6.10 Å². The molecule has 0 spiro atoms. The van der Waals surface area contributed by atoms with Gasteiger partial charge >= 0.3 is 17.9 Å². The molecular weight excluding hydrogens is 937 g/mol. The van der Waals surface area contributed by atoms with E-state index >= 15 is 0 Å². The summed E-state index contributed by atoms with van der Waals surface area (Å²) < 4.78 is 16.9. The van der Waals surface area contributed by atoms with Gasteiger partial charge in [-0.3, -0.25) is 14.4 Å². The summed E-state index contributed by atoms with van der Waals surface area (Å²) in [4.78, 5) is 38.2. The minimum Gasteiger partial charge on any atom is -0.462 e. The third-order valence-electron chi connectivity index (χ3n) is 14.7. The van der Waals surface area contributed by atoms with Crippen LogP contribution in [0.2, 0.25) is 0 Å². The van der Waals surface area contributed by atoms with Crippen molar-refractivity contribution in [2.75, 3.05) is 13.2 Å². The average molecular weight is 1060 g/mol. The predicted octanol–water partition coefficient (Wildman–Crippen LogP) is 22.7. The molecule has 0 fully saturated rings. The van der Waals surface area contributed by atoms with Crippen LogP contribution in [0.5, 0.6) is 0 Å². The highest BCUT2D eigenvalue weighted by Crippen LogP contribution is 2.17. The molecule has 6 heteroatoms. The van der Waals surface area contributed by atoms with E-state index in [0.29, 0.717) is 19.3 Å². The van der Waals surface area contributed by atoms with Crippen LogP contribution in [0, 0.1) is 0 Å². The highest BCUT2D eigenvalue weighted by molar-refractivity contribution is 5.71. The molecule has 0 amide bonds.